The molecular weight excluding hydrogens is 334 g/mol. The van der Waals surface area contributed by atoms with Gasteiger partial charge in [-0.15, -0.1) is 11.6 Å². The first-order valence-corrected chi connectivity index (χ1v) is 4.39. The number of carbonyl (C=O) groups excluding carboxylic acids is 1. The van der Waals surface area contributed by atoms with Crippen molar-refractivity contribution >= 4 is 5.91 Å². The normalized spacial score (nSPS) is 27.1. The first-order chi connectivity index (χ1) is 5.77. The van der Waals surface area contributed by atoms with Crippen LogP contribution in [0.3, 0.4) is 0 Å². The minimum Gasteiger partial charge on any atom is -0.418 e. The van der Waals surface area contributed by atoms with E-state index in [1.165, 1.54) is 6.42 Å². The fourth-order valence-corrected chi connectivity index (χ4v) is 1.23. The number of carbonyl (C=O) groups is 1. The molecule has 0 saturated heterocycles. The van der Waals surface area contributed by atoms with Gasteiger partial charge in [-0.05, 0) is 5.92 Å². The Balaban J connectivity index is 0.000000451. The summed E-state index contributed by atoms with van der Waals surface area (Å²) in [4.78, 5) is 10.6. The number of primary amides is 1. The smallest absolute Gasteiger partial charge is 0.132 e. The Morgan fingerprint density at radius 2 is 2.15 bits per heavy atom. The summed E-state index contributed by atoms with van der Waals surface area (Å²) in [6, 6.07) is 0. The largest absolute Gasteiger partial charge is 0.418 e. The van der Waals surface area contributed by atoms with Gasteiger partial charge in [0.1, 0.15) is 5.91 Å². The van der Waals surface area contributed by atoms with Gasteiger partial charge in [-0.2, -0.15) is 12.2 Å². The third-order valence-electron chi connectivity index (χ3n) is 1.99. The van der Waals surface area contributed by atoms with Crippen molar-refractivity contribution in [2.24, 2.45) is 17.6 Å². The van der Waals surface area contributed by atoms with E-state index in [2.05, 4.69) is 6.08 Å². The second-order valence-corrected chi connectivity index (χ2v) is 2.82. The Morgan fingerprint density at radius 3 is 2.62 bits per heavy atom. The monoisotopic (exact) mass is 348 g/mol. The van der Waals surface area contributed by atoms with Crippen molar-refractivity contribution in [2.75, 3.05) is 0 Å². The topological polar surface area (TPSA) is 43.1 Å². The number of hydrogen-bond acceptors (Lipinski definition) is 1. The van der Waals surface area contributed by atoms with Crippen LogP contribution in [0.2, 0.25) is 0 Å². The van der Waals surface area contributed by atoms with Crippen molar-refractivity contribution < 1.29 is 25.9 Å². The van der Waals surface area contributed by atoms with E-state index < -0.39 is 0 Å². The van der Waals surface area contributed by atoms with E-state index in [-0.39, 0.29) is 27.0 Å². The van der Waals surface area contributed by atoms with Gasteiger partial charge in [0.15, 0.2) is 0 Å². The summed E-state index contributed by atoms with van der Waals surface area (Å²) in [6.45, 7) is 4.00. The van der Waals surface area contributed by atoms with E-state index >= 15 is 0 Å². The van der Waals surface area contributed by atoms with Gasteiger partial charge < -0.3 is 10.5 Å². The molecular formula is C10H14NOW-. The summed E-state index contributed by atoms with van der Waals surface area (Å²) in [5.74, 6) is 0.883. The molecule has 2 aliphatic carbocycles. The quantitative estimate of drug-likeness (QED) is 0.716. The molecule has 1 saturated carbocycles. The van der Waals surface area contributed by atoms with Crippen LogP contribution in [0, 0.1) is 17.9 Å². The first kappa shape index (κ1) is 12.6. The maximum absolute atomic E-state index is 10.6. The average Bonchev–Trinajstić information content (AvgIpc) is 2.84. The Bertz CT molecular complexity index is 245. The zero-order chi connectivity index (χ0) is 9.14. The van der Waals surface area contributed by atoms with Crippen LogP contribution < -0.4 is 5.73 Å². The van der Waals surface area contributed by atoms with Crippen LogP contribution in [0.15, 0.2) is 17.7 Å². The van der Waals surface area contributed by atoms with Crippen molar-refractivity contribution in [2.45, 2.75) is 20.3 Å². The summed E-state index contributed by atoms with van der Waals surface area (Å²) in [5, 5.41) is 0. The predicted octanol–water partition coefficient (Wildman–Crippen LogP) is 1.43. The summed E-state index contributed by atoms with van der Waals surface area (Å²) in [5.41, 5.74) is 5.61. The molecule has 2 rings (SSSR count). The molecule has 1 fully saturated rings. The molecule has 72 valence electrons. The summed E-state index contributed by atoms with van der Waals surface area (Å²) < 4.78 is 0. The van der Waals surface area contributed by atoms with Gasteiger partial charge in [0.05, 0.1) is 0 Å². The van der Waals surface area contributed by atoms with E-state index in [4.69, 9.17) is 5.73 Å². The van der Waals surface area contributed by atoms with Crippen LogP contribution in [0.5, 0.6) is 0 Å². The molecule has 0 aliphatic heterocycles. The zero-order valence-corrected chi connectivity index (χ0v) is 10.8. The van der Waals surface area contributed by atoms with Gasteiger partial charge in [0.2, 0.25) is 0 Å². The van der Waals surface area contributed by atoms with Gasteiger partial charge >= 0.3 is 0 Å². The molecule has 2 unspecified atom stereocenters. The number of hydrogen-bond donors (Lipinski definition) is 1. The molecule has 0 heterocycles. The van der Waals surface area contributed by atoms with Crippen LogP contribution in [0.1, 0.15) is 20.3 Å². The van der Waals surface area contributed by atoms with Crippen LogP contribution in [-0.2, 0) is 25.9 Å². The molecule has 1 amide bonds. The number of allylic oxidation sites excluding steroid dienone is 2. The van der Waals surface area contributed by atoms with Gasteiger partial charge in [-0.3, -0.25) is 0 Å². The molecule has 13 heavy (non-hydrogen) atoms. The average molecular weight is 348 g/mol. The van der Waals surface area contributed by atoms with E-state index in [0.29, 0.717) is 17.4 Å². The molecule has 3 heteroatoms. The number of fused-ring (bicyclic) bond motifs is 1. The molecule has 0 bridgehead atoms. The fourth-order valence-electron chi connectivity index (χ4n) is 1.23. The fraction of sp³-hybridized carbons (Fsp3) is 0.500. The summed E-state index contributed by atoms with van der Waals surface area (Å²) in [7, 11) is 0. The van der Waals surface area contributed by atoms with Gasteiger partial charge in [0.25, 0.3) is 0 Å². The van der Waals surface area contributed by atoms with Crippen LogP contribution in [-0.4, -0.2) is 5.91 Å². The Labute approximate surface area is 93.5 Å². The van der Waals surface area contributed by atoms with Crippen molar-refractivity contribution in [1.29, 1.82) is 0 Å². The molecule has 0 aromatic heterocycles. The van der Waals surface area contributed by atoms with Crippen LogP contribution in [0.4, 0.5) is 0 Å². The number of nitrogens with two attached hydrogens (primary N) is 1. The SMILES string of the molecule is CC.NC(=O)C1=CC2CC2C=[C-]1.[W]. The van der Waals surface area contributed by atoms with Crippen LogP contribution >= 0.6 is 0 Å². The summed E-state index contributed by atoms with van der Waals surface area (Å²) in [6.07, 6.45) is 7.91. The van der Waals surface area contributed by atoms with Gasteiger partial charge in [-0.25, -0.2) is 0 Å². The number of rotatable bonds is 1. The van der Waals surface area contributed by atoms with Crippen molar-refractivity contribution in [3.63, 3.8) is 0 Å². The second-order valence-electron chi connectivity index (χ2n) is 2.82. The Hall–Kier alpha value is -0.362. The van der Waals surface area contributed by atoms with E-state index in [1.54, 1.807) is 0 Å². The number of amides is 1. The molecule has 0 spiro atoms. The van der Waals surface area contributed by atoms with Crippen molar-refractivity contribution in [1.82, 2.24) is 0 Å². The molecule has 2 aliphatic rings. The minimum absolute atomic E-state index is 0. The predicted molar refractivity (Wildman–Crippen MR) is 48.0 cm³/mol. The standard InChI is InChI=1S/C8H8NO.C2H6.W/c9-8(10)6-2-1-5-3-7(5)4-6;1-2;/h1,4-5,7H,3H2,(H2,9,10);1-2H3;/q-1;;. The van der Waals surface area contributed by atoms with E-state index in [1.807, 2.05) is 26.0 Å². The van der Waals surface area contributed by atoms with Crippen molar-refractivity contribution in [3.05, 3.63) is 23.8 Å². The maximum atomic E-state index is 10.6. The molecule has 2 N–H and O–H groups in total. The van der Waals surface area contributed by atoms with Gasteiger partial charge in [0, 0.05) is 21.1 Å². The van der Waals surface area contributed by atoms with E-state index in [9.17, 15) is 4.79 Å². The zero-order valence-electron chi connectivity index (χ0n) is 7.91. The molecule has 0 aromatic carbocycles. The molecule has 0 radical (unpaired) electrons. The van der Waals surface area contributed by atoms with Gasteiger partial charge in [-0.1, -0.05) is 26.2 Å². The van der Waals surface area contributed by atoms with Crippen molar-refractivity contribution in [3.8, 4) is 0 Å². The summed E-state index contributed by atoms with van der Waals surface area (Å²) >= 11 is 0. The van der Waals surface area contributed by atoms with E-state index in [0.717, 1.165) is 0 Å². The third kappa shape index (κ3) is 3.11. The second kappa shape index (κ2) is 5.39. The molecule has 2 nitrogen and oxygen atoms in total. The Morgan fingerprint density at radius 1 is 1.54 bits per heavy atom. The Kier molecular flexibility index (Phi) is 5.24. The van der Waals surface area contributed by atoms with Crippen LogP contribution in [0.25, 0.3) is 0 Å². The third-order valence-corrected chi connectivity index (χ3v) is 1.99. The minimum atomic E-state index is -0.360. The first-order valence-electron chi connectivity index (χ1n) is 4.39. The molecule has 0 aromatic rings. The maximum Gasteiger partial charge on any atom is 0.132 e. The molecule has 2 atom stereocenters.